The van der Waals surface area contributed by atoms with Crippen molar-refractivity contribution < 1.29 is 9.53 Å². The minimum Gasteiger partial charge on any atom is -0.444 e. The van der Waals surface area contributed by atoms with Gasteiger partial charge in [0.05, 0.1) is 0 Å². The molecule has 3 heterocycles. The van der Waals surface area contributed by atoms with Gasteiger partial charge in [-0.3, -0.25) is 4.79 Å². The van der Waals surface area contributed by atoms with Crippen molar-refractivity contribution >= 4 is 17.7 Å². The van der Waals surface area contributed by atoms with Crippen LogP contribution < -0.4 is 5.56 Å². The molecule has 0 radical (unpaired) electrons. The van der Waals surface area contributed by atoms with Gasteiger partial charge in [0.15, 0.2) is 0 Å². The Morgan fingerprint density at radius 1 is 1.27 bits per heavy atom. The second-order valence-corrected chi connectivity index (χ2v) is 7.67. The molecule has 1 aromatic heterocycles. The summed E-state index contributed by atoms with van der Waals surface area (Å²) in [6.07, 6.45) is 0.707. The van der Waals surface area contributed by atoms with E-state index in [2.05, 4.69) is 0 Å². The van der Waals surface area contributed by atoms with Gasteiger partial charge in [0.2, 0.25) is 0 Å². The summed E-state index contributed by atoms with van der Waals surface area (Å²) in [5, 5.41) is 0.462. The summed E-state index contributed by atoms with van der Waals surface area (Å²) < 4.78 is 7.27. The molecule has 0 N–H and O–H groups in total. The van der Waals surface area contributed by atoms with Crippen LogP contribution in [0.5, 0.6) is 0 Å². The molecule has 1 fully saturated rings. The molecular weight excluding hydrogens is 304 g/mol. The Kier molecular flexibility index (Phi) is 3.71. The fourth-order valence-electron chi connectivity index (χ4n) is 3.40. The van der Waals surface area contributed by atoms with Gasteiger partial charge in [-0.05, 0) is 39.2 Å². The van der Waals surface area contributed by atoms with Gasteiger partial charge in [-0.2, -0.15) is 0 Å². The van der Waals surface area contributed by atoms with Crippen LogP contribution >= 0.6 is 11.6 Å². The van der Waals surface area contributed by atoms with E-state index in [0.29, 0.717) is 24.7 Å². The van der Waals surface area contributed by atoms with Crippen molar-refractivity contribution in [2.24, 2.45) is 5.92 Å². The van der Waals surface area contributed by atoms with Crippen molar-refractivity contribution in [3.05, 3.63) is 33.2 Å². The van der Waals surface area contributed by atoms with Gasteiger partial charge < -0.3 is 14.2 Å². The maximum Gasteiger partial charge on any atom is 0.410 e. The number of likely N-dealkylation sites (tertiary alicyclic amines) is 1. The summed E-state index contributed by atoms with van der Waals surface area (Å²) in [4.78, 5) is 26.2. The van der Waals surface area contributed by atoms with Crippen LogP contribution in [0.4, 0.5) is 4.79 Å². The Balaban J connectivity index is 1.85. The van der Waals surface area contributed by atoms with E-state index in [1.165, 1.54) is 6.07 Å². The first-order valence-electron chi connectivity index (χ1n) is 7.61. The van der Waals surface area contributed by atoms with Gasteiger partial charge in [-0.1, -0.05) is 11.6 Å². The zero-order chi connectivity index (χ0) is 16.1. The highest BCUT2D eigenvalue weighted by molar-refractivity contribution is 6.30. The topological polar surface area (TPSA) is 51.5 Å². The number of halogens is 1. The molecular formula is C16H21ClN2O3. The van der Waals surface area contributed by atoms with Crippen LogP contribution in [0, 0.1) is 5.92 Å². The van der Waals surface area contributed by atoms with E-state index in [4.69, 9.17) is 16.3 Å². The summed E-state index contributed by atoms with van der Waals surface area (Å²) in [6, 6.07) is 3.31. The lowest BCUT2D eigenvalue weighted by atomic mass is 9.83. The second-order valence-electron chi connectivity index (χ2n) is 7.23. The fraction of sp³-hybridized carbons (Fsp3) is 0.625. The Labute approximate surface area is 134 Å². The van der Waals surface area contributed by atoms with Crippen LogP contribution in [0.1, 0.15) is 38.8 Å². The van der Waals surface area contributed by atoms with Crippen molar-refractivity contribution in [3.8, 4) is 0 Å². The van der Waals surface area contributed by atoms with Gasteiger partial charge in [0, 0.05) is 42.3 Å². The van der Waals surface area contributed by atoms with Crippen LogP contribution in [0.15, 0.2) is 16.9 Å². The zero-order valence-electron chi connectivity index (χ0n) is 13.1. The summed E-state index contributed by atoms with van der Waals surface area (Å²) in [6.45, 7) is 7.45. The molecule has 3 rings (SSSR count). The first-order valence-corrected chi connectivity index (χ1v) is 7.99. The number of pyridine rings is 1. The zero-order valence-corrected chi connectivity index (χ0v) is 13.9. The molecule has 2 atom stereocenters. The molecule has 6 heteroatoms. The number of piperidine rings is 1. The number of rotatable bonds is 0. The molecule has 1 amide bonds. The number of hydrogen-bond acceptors (Lipinski definition) is 3. The predicted octanol–water partition coefficient (Wildman–Crippen LogP) is 2.86. The Hall–Kier alpha value is -1.49. The lowest BCUT2D eigenvalue weighted by molar-refractivity contribution is 0.0102. The highest BCUT2D eigenvalue weighted by Gasteiger charge is 2.37. The minimum absolute atomic E-state index is 0.0529. The molecule has 2 aliphatic rings. The van der Waals surface area contributed by atoms with Crippen molar-refractivity contribution in [1.82, 2.24) is 9.47 Å². The van der Waals surface area contributed by atoms with Crippen LogP contribution in [0.3, 0.4) is 0 Å². The van der Waals surface area contributed by atoms with E-state index >= 15 is 0 Å². The number of amides is 1. The highest BCUT2D eigenvalue weighted by atomic mass is 35.5. The van der Waals surface area contributed by atoms with E-state index in [0.717, 1.165) is 12.1 Å². The third-order valence-electron chi connectivity index (χ3n) is 4.17. The number of carbonyl (C=O) groups is 1. The van der Waals surface area contributed by atoms with Gasteiger partial charge in [-0.15, -0.1) is 0 Å². The van der Waals surface area contributed by atoms with Crippen LogP contribution in [0.2, 0.25) is 5.02 Å². The first-order chi connectivity index (χ1) is 10.2. The number of aromatic nitrogens is 1. The molecule has 0 unspecified atom stereocenters. The number of fused-ring (bicyclic) bond motifs is 4. The summed E-state index contributed by atoms with van der Waals surface area (Å²) in [5.74, 6) is 0.434. The summed E-state index contributed by atoms with van der Waals surface area (Å²) >= 11 is 6.03. The molecule has 22 heavy (non-hydrogen) atoms. The van der Waals surface area contributed by atoms with E-state index in [9.17, 15) is 9.59 Å². The van der Waals surface area contributed by atoms with Gasteiger partial charge >= 0.3 is 6.09 Å². The third-order valence-corrected chi connectivity index (χ3v) is 4.39. The highest BCUT2D eigenvalue weighted by Crippen LogP contribution is 2.36. The monoisotopic (exact) mass is 324 g/mol. The summed E-state index contributed by atoms with van der Waals surface area (Å²) in [7, 11) is 0. The van der Waals surface area contributed by atoms with Gasteiger partial charge in [-0.25, -0.2) is 4.79 Å². The molecule has 0 spiro atoms. The second kappa shape index (κ2) is 5.30. The largest absolute Gasteiger partial charge is 0.444 e. The predicted molar refractivity (Wildman–Crippen MR) is 84.4 cm³/mol. The van der Waals surface area contributed by atoms with Crippen LogP contribution in [-0.4, -0.2) is 34.3 Å². The lowest BCUT2D eigenvalue weighted by Gasteiger charge is -2.42. The number of hydrogen-bond donors (Lipinski definition) is 0. The SMILES string of the molecule is CC(C)(C)OC(=O)N1C[C@H]2C[C@H](C1)c1cc(Cl)cc(=O)n1C2. The average molecular weight is 325 g/mol. The van der Waals surface area contributed by atoms with Crippen molar-refractivity contribution in [3.63, 3.8) is 0 Å². The van der Waals surface area contributed by atoms with Crippen molar-refractivity contribution in [1.29, 1.82) is 0 Å². The molecule has 0 aliphatic carbocycles. The lowest BCUT2D eigenvalue weighted by Crippen LogP contribution is -2.50. The van der Waals surface area contributed by atoms with E-state index in [-0.39, 0.29) is 23.5 Å². The smallest absolute Gasteiger partial charge is 0.410 e. The molecule has 120 valence electrons. The third kappa shape index (κ3) is 3.00. The average Bonchev–Trinajstić information content (AvgIpc) is 2.38. The number of carbonyl (C=O) groups excluding carboxylic acids is 1. The molecule has 5 nitrogen and oxygen atoms in total. The Morgan fingerprint density at radius 3 is 2.68 bits per heavy atom. The summed E-state index contributed by atoms with van der Waals surface area (Å²) in [5.41, 5.74) is 0.381. The van der Waals surface area contributed by atoms with Gasteiger partial charge in [0.25, 0.3) is 5.56 Å². The van der Waals surface area contributed by atoms with E-state index in [1.807, 2.05) is 26.8 Å². The van der Waals surface area contributed by atoms with Crippen LogP contribution in [-0.2, 0) is 11.3 Å². The number of ether oxygens (including phenoxy) is 1. The van der Waals surface area contributed by atoms with E-state index in [1.54, 1.807) is 9.47 Å². The maximum absolute atomic E-state index is 12.3. The first kappa shape index (κ1) is 15.4. The van der Waals surface area contributed by atoms with E-state index < -0.39 is 5.60 Å². The normalized spacial score (nSPS) is 23.9. The number of nitrogens with zero attached hydrogens (tertiary/aromatic N) is 2. The van der Waals surface area contributed by atoms with Crippen molar-refractivity contribution in [2.45, 2.75) is 45.3 Å². The molecule has 0 aromatic carbocycles. The quantitative estimate of drug-likeness (QED) is 0.737. The Morgan fingerprint density at radius 2 is 2.00 bits per heavy atom. The fourth-order valence-corrected chi connectivity index (χ4v) is 3.61. The van der Waals surface area contributed by atoms with Gasteiger partial charge in [0.1, 0.15) is 5.60 Å². The molecule has 0 saturated carbocycles. The van der Waals surface area contributed by atoms with Crippen molar-refractivity contribution in [2.75, 3.05) is 13.1 Å². The molecule has 1 saturated heterocycles. The standard InChI is InChI=1S/C16H21ClN2O3/c1-16(2,3)22-15(21)18-7-10-4-11(9-18)13-5-12(17)6-14(20)19(13)8-10/h5-6,10-11H,4,7-9H2,1-3H3/t10-,11-/m1/s1. The molecule has 2 bridgehead atoms. The molecule has 2 aliphatic heterocycles. The molecule has 1 aromatic rings. The minimum atomic E-state index is -0.498. The Bertz CT molecular complexity index is 662. The van der Waals surface area contributed by atoms with Crippen LogP contribution in [0.25, 0.3) is 0 Å². The maximum atomic E-state index is 12.3.